The molecule has 25 heavy (non-hydrogen) atoms. The number of hydrogen-bond acceptors (Lipinski definition) is 6. The van der Waals surface area contributed by atoms with Crippen LogP contribution in [0.2, 0.25) is 0 Å². The van der Waals surface area contributed by atoms with E-state index in [9.17, 15) is 4.79 Å². The van der Waals surface area contributed by atoms with Crippen LogP contribution in [0.15, 0.2) is 36.7 Å². The summed E-state index contributed by atoms with van der Waals surface area (Å²) in [5.74, 6) is 1.06. The third-order valence-corrected chi connectivity index (χ3v) is 3.44. The number of nitrogens with one attached hydrogen (secondary N) is 1. The lowest BCUT2D eigenvalue weighted by atomic mass is 10.1. The maximum atomic E-state index is 12.0. The van der Waals surface area contributed by atoms with Gasteiger partial charge in [0.2, 0.25) is 0 Å². The summed E-state index contributed by atoms with van der Waals surface area (Å²) in [5.41, 5.74) is 1.94. The summed E-state index contributed by atoms with van der Waals surface area (Å²) in [6, 6.07) is 9.26. The zero-order chi connectivity index (χ0) is 18.0. The van der Waals surface area contributed by atoms with Crippen molar-refractivity contribution < 1.29 is 9.53 Å². The van der Waals surface area contributed by atoms with Crippen molar-refractivity contribution in [3.63, 3.8) is 0 Å². The first-order valence-corrected chi connectivity index (χ1v) is 8.05. The Morgan fingerprint density at radius 3 is 2.64 bits per heavy atom. The number of nitrogens with zero attached hydrogens (tertiary/aromatic N) is 4. The van der Waals surface area contributed by atoms with E-state index < -0.39 is 5.60 Å². The van der Waals surface area contributed by atoms with Crippen LogP contribution in [0, 0.1) is 6.92 Å². The van der Waals surface area contributed by atoms with Gasteiger partial charge in [-0.3, -0.25) is 0 Å². The second-order valence-electron chi connectivity index (χ2n) is 6.81. The van der Waals surface area contributed by atoms with Gasteiger partial charge >= 0.3 is 5.97 Å². The van der Waals surface area contributed by atoms with Crippen LogP contribution < -0.4 is 5.32 Å². The summed E-state index contributed by atoms with van der Waals surface area (Å²) in [6.45, 7) is 8.06. The summed E-state index contributed by atoms with van der Waals surface area (Å²) < 4.78 is 7.02. The van der Waals surface area contributed by atoms with Gasteiger partial charge < -0.3 is 10.1 Å². The number of ether oxygens (including phenoxy) is 1. The van der Waals surface area contributed by atoms with Crippen molar-refractivity contribution in [2.45, 2.75) is 39.8 Å². The van der Waals surface area contributed by atoms with Crippen LogP contribution in [0.3, 0.4) is 0 Å². The molecule has 0 saturated carbocycles. The number of anilines is 1. The van der Waals surface area contributed by atoms with Crippen LogP contribution in [0.5, 0.6) is 0 Å². The van der Waals surface area contributed by atoms with Gasteiger partial charge in [-0.2, -0.15) is 14.6 Å². The fraction of sp³-hybridized carbons (Fsp3) is 0.333. The summed E-state index contributed by atoms with van der Waals surface area (Å²) in [7, 11) is 0. The van der Waals surface area contributed by atoms with E-state index in [1.807, 2.05) is 45.9 Å². The average molecular weight is 339 g/mol. The van der Waals surface area contributed by atoms with Crippen LogP contribution in [0.25, 0.3) is 5.78 Å². The monoisotopic (exact) mass is 339 g/mol. The third kappa shape index (κ3) is 4.12. The molecule has 0 spiro atoms. The first-order valence-electron chi connectivity index (χ1n) is 8.05. The number of benzene rings is 1. The Morgan fingerprint density at radius 2 is 1.96 bits per heavy atom. The molecule has 2 aromatic heterocycles. The van der Waals surface area contributed by atoms with Crippen LogP contribution in [0.1, 0.15) is 42.4 Å². The first kappa shape index (κ1) is 16.9. The maximum Gasteiger partial charge on any atom is 0.338 e. The number of rotatable bonds is 4. The van der Waals surface area contributed by atoms with Gasteiger partial charge in [0.05, 0.1) is 5.56 Å². The Bertz CT molecular complexity index is 894. The highest BCUT2D eigenvalue weighted by molar-refractivity contribution is 5.89. The SMILES string of the molecule is Cc1cc(NCc2ccc(C(=O)OC(C)(C)C)cc2)n2ncnc2n1. The standard InChI is InChI=1S/C18H21N5O2/c1-12-9-15(23-17(22-12)20-11-21-23)19-10-13-5-7-14(8-6-13)16(24)25-18(2,3)4/h5-9,11,19H,10H2,1-4H3. The van der Waals surface area contributed by atoms with Gasteiger partial charge in [0.15, 0.2) is 0 Å². The number of carbonyl (C=O) groups excluding carboxylic acids is 1. The van der Waals surface area contributed by atoms with Crippen molar-refractivity contribution in [3.8, 4) is 0 Å². The van der Waals surface area contributed by atoms with Gasteiger partial charge in [0.25, 0.3) is 5.78 Å². The van der Waals surface area contributed by atoms with E-state index in [-0.39, 0.29) is 5.97 Å². The molecule has 3 aromatic rings. The lowest BCUT2D eigenvalue weighted by Crippen LogP contribution is -2.23. The van der Waals surface area contributed by atoms with Crippen molar-refractivity contribution in [1.82, 2.24) is 19.6 Å². The fourth-order valence-corrected chi connectivity index (χ4v) is 2.34. The molecule has 0 aliphatic carbocycles. The Hall–Kier alpha value is -2.96. The second-order valence-corrected chi connectivity index (χ2v) is 6.81. The largest absolute Gasteiger partial charge is 0.456 e. The maximum absolute atomic E-state index is 12.0. The number of fused-ring (bicyclic) bond motifs is 1. The van der Waals surface area contributed by atoms with Crippen molar-refractivity contribution >= 4 is 17.6 Å². The molecule has 1 aromatic carbocycles. The molecule has 0 bridgehead atoms. The van der Waals surface area contributed by atoms with Gasteiger partial charge in [-0.1, -0.05) is 12.1 Å². The number of hydrogen-bond donors (Lipinski definition) is 1. The van der Waals surface area contributed by atoms with Crippen LogP contribution >= 0.6 is 0 Å². The van der Waals surface area contributed by atoms with Crippen LogP contribution in [0.4, 0.5) is 5.82 Å². The molecule has 0 atom stereocenters. The number of aromatic nitrogens is 4. The molecule has 3 rings (SSSR count). The predicted molar refractivity (Wildman–Crippen MR) is 94.5 cm³/mol. The molecule has 0 aliphatic rings. The summed E-state index contributed by atoms with van der Waals surface area (Å²) in [4.78, 5) is 20.5. The van der Waals surface area contributed by atoms with Gasteiger partial charge in [-0.15, -0.1) is 0 Å². The topological polar surface area (TPSA) is 81.4 Å². The molecule has 0 aliphatic heterocycles. The molecule has 0 fully saturated rings. The predicted octanol–water partition coefficient (Wildman–Crippen LogP) is 3.00. The molecule has 0 saturated heterocycles. The molecule has 0 unspecified atom stereocenters. The number of aryl methyl sites for hydroxylation is 1. The number of esters is 1. The van der Waals surface area contributed by atoms with E-state index in [2.05, 4.69) is 20.4 Å². The smallest absolute Gasteiger partial charge is 0.338 e. The minimum atomic E-state index is -0.500. The molecule has 130 valence electrons. The molecular weight excluding hydrogens is 318 g/mol. The summed E-state index contributed by atoms with van der Waals surface area (Å²) in [5, 5.41) is 7.48. The molecular formula is C18H21N5O2. The van der Waals surface area contributed by atoms with Crippen molar-refractivity contribution in [2.24, 2.45) is 0 Å². The quantitative estimate of drug-likeness (QED) is 0.736. The molecule has 1 N–H and O–H groups in total. The molecule has 7 nitrogen and oxygen atoms in total. The van der Waals surface area contributed by atoms with Gasteiger partial charge in [0, 0.05) is 18.3 Å². The second kappa shape index (κ2) is 6.51. The highest BCUT2D eigenvalue weighted by Gasteiger charge is 2.17. The van der Waals surface area contributed by atoms with Gasteiger partial charge in [-0.05, 0) is 45.4 Å². The number of carbonyl (C=O) groups is 1. The van der Waals surface area contributed by atoms with E-state index >= 15 is 0 Å². The Kier molecular flexibility index (Phi) is 4.39. The zero-order valence-corrected chi connectivity index (χ0v) is 14.8. The van der Waals surface area contributed by atoms with E-state index in [4.69, 9.17) is 4.74 Å². The highest BCUT2D eigenvalue weighted by Crippen LogP contribution is 2.15. The molecule has 0 amide bonds. The zero-order valence-electron chi connectivity index (χ0n) is 14.8. The lowest BCUT2D eigenvalue weighted by Gasteiger charge is -2.19. The summed E-state index contributed by atoms with van der Waals surface area (Å²) >= 11 is 0. The molecule has 2 heterocycles. The van der Waals surface area contributed by atoms with Crippen molar-refractivity contribution in [3.05, 3.63) is 53.5 Å². The summed E-state index contributed by atoms with van der Waals surface area (Å²) in [6.07, 6.45) is 1.47. The fourth-order valence-electron chi connectivity index (χ4n) is 2.34. The minimum Gasteiger partial charge on any atom is -0.456 e. The van der Waals surface area contributed by atoms with Crippen LogP contribution in [-0.4, -0.2) is 31.2 Å². The van der Waals surface area contributed by atoms with E-state index in [1.165, 1.54) is 6.33 Å². The van der Waals surface area contributed by atoms with Crippen molar-refractivity contribution in [2.75, 3.05) is 5.32 Å². The third-order valence-electron chi connectivity index (χ3n) is 3.44. The average Bonchev–Trinajstić information content (AvgIpc) is 2.99. The van der Waals surface area contributed by atoms with Crippen LogP contribution in [-0.2, 0) is 11.3 Å². The van der Waals surface area contributed by atoms with E-state index in [1.54, 1.807) is 16.6 Å². The Labute approximate surface area is 146 Å². The van der Waals surface area contributed by atoms with E-state index in [0.717, 1.165) is 17.1 Å². The first-order chi connectivity index (χ1) is 11.8. The van der Waals surface area contributed by atoms with E-state index in [0.29, 0.717) is 17.9 Å². The van der Waals surface area contributed by atoms with Gasteiger partial charge in [-0.25, -0.2) is 9.78 Å². The minimum absolute atomic E-state index is 0.318. The Morgan fingerprint density at radius 1 is 1.24 bits per heavy atom. The molecule has 7 heteroatoms. The normalized spacial score (nSPS) is 11.5. The lowest BCUT2D eigenvalue weighted by molar-refractivity contribution is 0.00695. The van der Waals surface area contributed by atoms with Gasteiger partial charge in [0.1, 0.15) is 17.7 Å². The highest BCUT2D eigenvalue weighted by atomic mass is 16.6. The molecule has 0 radical (unpaired) electrons. The van der Waals surface area contributed by atoms with Crippen molar-refractivity contribution in [1.29, 1.82) is 0 Å². The Balaban J connectivity index is 1.69.